The van der Waals surface area contributed by atoms with Gasteiger partial charge in [0, 0.05) is 16.2 Å². The minimum atomic E-state index is -0.852. The summed E-state index contributed by atoms with van der Waals surface area (Å²) < 4.78 is 11.6. The molecule has 3 aromatic rings. The smallest absolute Gasteiger partial charge is 0.240 e. The quantitative estimate of drug-likeness (QED) is 0.328. The molecular formula is C29H23BrN2O5. The van der Waals surface area contributed by atoms with Crippen LogP contribution in [-0.2, 0) is 9.59 Å². The van der Waals surface area contributed by atoms with Crippen LogP contribution >= 0.6 is 15.9 Å². The van der Waals surface area contributed by atoms with Gasteiger partial charge < -0.3 is 14.4 Å². The van der Waals surface area contributed by atoms with Crippen molar-refractivity contribution in [2.75, 3.05) is 19.1 Å². The maximum atomic E-state index is 14.1. The molecule has 0 N–H and O–H groups in total. The number of imide groups is 1. The summed E-state index contributed by atoms with van der Waals surface area (Å²) in [7, 11) is 3.04. The fourth-order valence-corrected chi connectivity index (χ4v) is 6.13. The number of halogens is 1. The van der Waals surface area contributed by atoms with E-state index in [1.165, 1.54) is 19.1 Å². The lowest BCUT2D eigenvalue weighted by Gasteiger charge is -2.35. The molecule has 0 aliphatic carbocycles. The molecule has 0 bridgehead atoms. The molecule has 3 aliphatic rings. The molecule has 0 unspecified atom stereocenters. The Kier molecular flexibility index (Phi) is 5.64. The Bertz CT molecular complexity index is 1470. The maximum absolute atomic E-state index is 14.1. The van der Waals surface area contributed by atoms with Gasteiger partial charge in [0.05, 0.1) is 37.8 Å². The zero-order chi connectivity index (χ0) is 25.8. The second kappa shape index (κ2) is 8.88. The first-order valence-corrected chi connectivity index (χ1v) is 12.7. The minimum absolute atomic E-state index is 0.249. The zero-order valence-corrected chi connectivity index (χ0v) is 21.7. The Balaban J connectivity index is 1.48. The van der Waals surface area contributed by atoms with E-state index in [0.717, 1.165) is 15.6 Å². The molecule has 0 radical (unpaired) electrons. The van der Waals surface area contributed by atoms with Crippen molar-refractivity contribution >= 4 is 45.3 Å². The van der Waals surface area contributed by atoms with Crippen LogP contribution in [0.15, 0.2) is 77.4 Å². The standard InChI is InChI=1S/C29H23BrN2O5/c1-36-21-12-7-17(15-22(21)37-2)27(33)26-24-23(25-20-6-4-3-5-16(20)13-14-31(25)26)28(34)32(29(24)35)19-10-8-18(30)9-11-19/h3-15,23-26H,1-2H3/t23-,24-,25-,26+/m1/s1. The Morgan fingerprint density at radius 3 is 2.30 bits per heavy atom. The molecule has 0 aromatic heterocycles. The number of anilines is 1. The fourth-order valence-electron chi connectivity index (χ4n) is 5.86. The van der Waals surface area contributed by atoms with Crippen molar-refractivity contribution in [1.82, 2.24) is 4.90 Å². The summed E-state index contributed by atoms with van der Waals surface area (Å²) in [6.07, 6.45) is 3.78. The third-order valence-electron chi connectivity index (χ3n) is 7.48. The van der Waals surface area contributed by atoms with Gasteiger partial charge in [0.2, 0.25) is 11.8 Å². The van der Waals surface area contributed by atoms with Crippen LogP contribution in [0, 0.1) is 11.8 Å². The minimum Gasteiger partial charge on any atom is -0.493 e. The number of methoxy groups -OCH3 is 2. The lowest BCUT2D eigenvalue weighted by Crippen LogP contribution is -2.44. The van der Waals surface area contributed by atoms with E-state index in [1.807, 2.05) is 41.4 Å². The number of benzene rings is 3. The van der Waals surface area contributed by atoms with E-state index in [-0.39, 0.29) is 17.6 Å². The van der Waals surface area contributed by atoms with Crippen molar-refractivity contribution < 1.29 is 23.9 Å². The summed E-state index contributed by atoms with van der Waals surface area (Å²) in [4.78, 5) is 45.1. The lowest BCUT2D eigenvalue weighted by atomic mass is 9.83. The summed E-state index contributed by atoms with van der Waals surface area (Å²) in [6, 6.07) is 18.5. The predicted molar refractivity (Wildman–Crippen MR) is 141 cm³/mol. The van der Waals surface area contributed by atoms with Crippen LogP contribution in [0.5, 0.6) is 11.5 Å². The first-order chi connectivity index (χ1) is 17.9. The first-order valence-electron chi connectivity index (χ1n) is 11.9. The molecule has 3 aromatic carbocycles. The number of carbonyl (C=O) groups excluding carboxylic acids is 3. The van der Waals surface area contributed by atoms with Gasteiger partial charge >= 0.3 is 0 Å². The highest BCUT2D eigenvalue weighted by atomic mass is 79.9. The van der Waals surface area contributed by atoms with Crippen molar-refractivity contribution in [1.29, 1.82) is 0 Å². The number of nitrogens with zero attached hydrogens (tertiary/aromatic N) is 2. The fraction of sp³-hybridized carbons (Fsp3) is 0.207. The van der Waals surface area contributed by atoms with Crippen LogP contribution in [0.2, 0.25) is 0 Å². The normalized spacial score (nSPS) is 23.5. The zero-order valence-electron chi connectivity index (χ0n) is 20.1. The highest BCUT2D eigenvalue weighted by Gasteiger charge is 2.64. The Morgan fingerprint density at radius 1 is 0.865 bits per heavy atom. The number of amides is 2. The van der Waals surface area contributed by atoms with Gasteiger partial charge in [-0.15, -0.1) is 0 Å². The van der Waals surface area contributed by atoms with Gasteiger partial charge in [-0.05, 0) is 59.7 Å². The van der Waals surface area contributed by atoms with Crippen molar-refractivity contribution in [2.45, 2.75) is 12.1 Å². The molecule has 6 rings (SSSR count). The number of rotatable bonds is 5. The summed E-state index contributed by atoms with van der Waals surface area (Å²) in [5.74, 6) is -1.52. The molecule has 2 fully saturated rings. The van der Waals surface area contributed by atoms with Gasteiger partial charge in [-0.1, -0.05) is 40.2 Å². The monoisotopic (exact) mass is 558 g/mol. The van der Waals surface area contributed by atoms with E-state index in [2.05, 4.69) is 15.9 Å². The number of hydrogen-bond donors (Lipinski definition) is 0. The van der Waals surface area contributed by atoms with Gasteiger partial charge in [0.25, 0.3) is 0 Å². The van der Waals surface area contributed by atoms with Gasteiger partial charge in [0.1, 0.15) is 6.04 Å². The number of fused-ring (bicyclic) bond motifs is 5. The second-order valence-corrected chi connectivity index (χ2v) is 10.2. The Morgan fingerprint density at radius 2 is 1.57 bits per heavy atom. The van der Waals surface area contributed by atoms with Gasteiger partial charge in [0.15, 0.2) is 17.3 Å². The van der Waals surface area contributed by atoms with Crippen LogP contribution in [0.1, 0.15) is 27.5 Å². The van der Waals surface area contributed by atoms with E-state index in [4.69, 9.17) is 9.47 Å². The van der Waals surface area contributed by atoms with Crippen LogP contribution < -0.4 is 14.4 Å². The van der Waals surface area contributed by atoms with E-state index in [9.17, 15) is 14.4 Å². The van der Waals surface area contributed by atoms with Gasteiger partial charge in [-0.2, -0.15) is 0 Å². The number of ketones is 1. The molecule has 2 amide bonds. The predicted octanol–water partition coefficient (Wildman–Crippen LogP) is 4.86. The van der Waals surface area contributed by atoms with Gasteiger partial charge in [-0.25, -0.2) is 4.90 Å². The average Bonchev–Trinajstić information content (AvgIpc) is 3.40. The summed E-state index contributed by atoms with van der Waals surface area (Å²) in [5.41, 5.74) is 2.79. The summed E-state index contributed by atoms with van der Waals surface area (Å²) in [6.45, 7) is 0. The molecule has 8 heteroatoms. The third kappa shape index (κ3) is 3.50. The SMILES string of the molecule is COc1ccc(C(=O)[C@@H]2[C@@H]3C(=O)N(c4ccc(Br)cc4)C(=O)[C@H]3[C@H]3c4ccccc4C=CN23)cc1OC. The number of carbonyl (C=O) groups is 3. The van der Waals surface area contributed by atoms with Crippen LogP contribution in [0.25, 0.3) is 6.08 Å². The highest BCUT2D eigenvalue weighted by molar-refractivity contribution is 9.10. The molecule has 186 valence electrons. The molecule has 0 saturated carbocycles. The maximum Gasteiger partial charge on any atom is 0.240 e. The average molecular weight is 559 g/mol. The number of ether oxygens (including phenoxy) is 2. The summed E-state index contributed by atoms with van der Waals surface area (Å²) >= 11 is 3.41. The van der Waals surface area contributed by atoms with E-state index in [1.54, 1.807) is 42.5 Å². The molecule has 3 aliphatic heterocycles. The highest BCUT2D eigenvalue weighted by Crippen LogP contribution is 2.53. The Labute approximate surface area is 222 Å². The largest absolute Gasteiger partial charge is 0.493 e. The van der Waals surface area contributed by atoms with Crippen LogP contribution in [0.3, 0.4) is 0 Å². The molecule has 3 heterocycles. The molecule has 37 heavy (non-hydrogen) atoms. The van der Waals surface area contributed by atoms with E-state index < -0.39 is 23.9 Å². The van der Waals surface area contributed by atoms with Crippen molar-refractivity contribution in [3.63, 3.8) is 0 Å². The van der Waals surface area contributed by atoms with E-state index in [0.29, 0.717) is 22.7 Å². The van der Waals surface area contributed by atoms with Crippen LogP contribution in [-0.4, -0.2) is 42.8 Å². The van der Waals surface area contributed by atoms with Gasteiger partial charge in [-0.3, -0.25) is 14.4 Å². The third-order valence-corrected chi connectivity index (χ3v) is 8.01. The molecule has 0 spiro atoms. The van der Waals surface area contributed by atoms with Crippen molar-refractivity contribution in [3.8, 4) is 11.5 Å². The topological polar surface area (TPSA) is 76.2 Å². The van der Waals surface area contributed by atoms with Crippen LogP contribution in [0.4, 0.5) is 5.69 Å². The van der Waals surface area contributed by atoms with Crippen molar-refractivity contribution in [3.05, 3.63) is 94.1 Å². The second-order valence-electron chi connectivity index (χ2n) is 9.26. The lowest BCUT2D eigenvalue weighted by molar-refractivity contribution is -0.123. The molecule has 4 atom stereocenters. The Hall–Kier alpha value is -3.91. The molecular weight excluding hydrogens is 536 g/mol. The molecule has 7 nitrogen and oxygen atoms in total. The number of Topliss-reactive ketones (excluding diaryl/α,β-unsaturated/α-hetero) is 1. The molecule has 2 saturated heterocycles. The van der Waals surface area contributed by atoms with E-state index >= 15 is 0 Å². The number of hydrogen-bond acceptors (Lipinski definition) is 6. The summed E-state index contributed by atoms with van der Waals surface area (Å²) in [5, 5.41) is 0. The first kappa shape index (κ1) is 23.5. The van der Waals surface area contributed by atoms with Crippen molar-refractivity contribution in [2.24, 2.45) is 11.8 Å².